The molecule has 0 unspecified atom stereocenters. The number of carbonyl (C=O) groups is 1. The van der Waals surface area contributed by atoms with E-state index in [1.165, 1.54) is 0 Å². The number of hydrogen-bond donors (Lipinski definition) is 2. The van der Waals surface area contributed by atoms with E-state index < -0.39 is 20.6 Å². The van der Waals surface area contributed by atoms with Crippen molar-refractivity contribution in [2.24, 2.45) is 5.73 Å². The highest BCUT2D eigenvalue weighted by Gasteiger charge is 2.41. The zero-order valence-corrected chi connectivity index (χ0v) is 9.71. The lowest BCUT2D eigenvalue weighted by molar-refractivity contribution is -0.139. The maximum absolute atomic E-state index is 11.6. The SMILES string of the molecule is CC(C)(C(=O)O)S(=O)(=O)CCOCCN. The van der Waals surface area contributed by atoms with Gasteiger partial charge in [0, 0.05) is 6.54 Å². The van der Waals surface area contributed by atoms with E-state index in [1.807, 2.05) is 0 Å². The van der Waals surface area contributed by atoms with Crippen molar-refractivity contribution in [2.75, 3.05) is 25.5 Å². The van der Waals surface area contributed by atoms with Crippen molar-refractivity contribution in [1.29, 1.82) is 0 Å². The fraction of sp³-hybridized carbons (Fsp3) is 0.875. The van der Waals surface area contributed by atoms with Gasteiger partial charge in [-0.3, -0.25) is 4.79 Å². The van der Waals surface area contributed by atoms with Crippen LogP contribution in [0.2, 0.25) is 0 Å². The van der Waals surface area contributed by atoms with Crippen molar-refractivity contribution >= 4 is 15.8 Å². The van der Waals surface area contributed by atoms with Crippen molar-refractivity contribution < 1.29 is 23.1 Å². The van der Waals surface area contributed by atoms with Gasteiger partial charge in [0.1, 0.15) is 0 Å². The molecule has 0 saturated carbocycles. The molecule has 0 spiro atoms. The van der Waals surface area contributed by atoms with E-state index in [0.717, 1.165) is 13.8 Å². The Morgan fingerprint density at radius 2 is 1.93 bits per heavy atom. The van der Waals surface area contributed by atoms with Crippen molar-refractivity contribution in [2.45, 2.75) is 18.6 Å². The van der Waals surface area contributed by atoms with Crippen LogP contribution < -0.4 is 5.73 Å². The number of ether oxygens (including phenoxy) is 1. The molecule has 0 amide bonds. The van der Waals surface area contributed by atoms with Crippen LogP contribution in [0.3, 0.4) is 0 Å². The second-order valence-corrected chi connectivity index (χ2v) is 6.19. The number of aliphatic carboxylic acids is 1. The van der Waals surface area contributed by atoms with Crippen LogP contribution in [0.15, 0.2) is 0 Å². The van der Waals surface area contributed by atoms with E-state index in [2.05, 4.69) is 0 Å². The van der Waals surface area contributed by atoms with Crippen LogP contribution in [0.25, 0.3) is 0 Å². The number of sulfone groups is 1. The number of nitrogens with two attached hydrogens (primary N) is 1. The van der Waals surface area contributed by atoms with Gasteiger partial charge in [0.15, 0.2) is 14.6 Å². The molecule has 0 atom stereocenters. The summed E-state index contributed by atoms with van der Waals surface area (Å²) in [6, 6.07) is 0. The molecule has 0 aromatic rings. The molecule has 0 aliphatic carbocycles. The van der Waals surface area contributed by atoms with Gasteiger partial charge in [-0.1, -0.05) is 0 Å². The highest BCUT2D eigenvalue weighted by molar-refractivity contribution is 7.93. The highest BCUT2D eigenvalue weighted by atomic mass is 32.2. The lowest BCUT2D eigenvalue weighted by atomic mass is 10.2. The second kappa shape index (κ2) is 5.43. The first-order chi connectivity index (χ1) is 6.75. The maximum Gasteiger partial charge on any atom is 0.324 e. The number of hydrogen-bond acceptors (Lipinski definition) is 5. The normalized spacial score (nSPS) is 12.7. The molecule has 0 saturated heterocycles. The number of rotatable bonds is 7. The largest absolute Gasteiger partial charge is 0.480 e. The van der Waals surface area contributed by atoms with E-state index in [1.54, 1.807) is 0 Å². The van der Waals surface area contributed by atoms with Gasteiger partial charge in [0.05, 0.1) is 19.0 Å². The summed E-state index contributed by atoms with van der Waals surface area (Å²) in [7, 11) is -3.70. The van der Waals surface area contributed by atoms with Gasteiger partial charge in [-0.2, -0.15) is 0 Å². The first-order valence-electron chi connectivity index (χ1n) is 4.49. The molecule has 0 bridgehead atoms. The van der Waals surface area contributed by atoms with Gasteiger partial charge in [0.2, 0.25) is 0 Å². The molecule has 90 valence electrons. The molecule has 0 rings (SSSR count). The van der Waals surface area contributed by atoms with Gasteiger partial charge in [-0.25, -0.2) is 8.42 Å². The van der Waals surface area contributed by atoms with E-state index in [-0.39, 0.29) is 19.0 Å². The van der Waals surface area contributed by atoms with Gasteiger partial charge in [-0.05, 0) is 13.8 Å². The lowest BCUT2D eigenvalue weighted by Gasteiger charge is -2.19. The molecule has 3 N–H and O–H groups in total. The number of carboxylic acids is 1. The standard InChI is InChI=1S/C8H17NO5S/c1-8(2,7(10)11)15(12,13)6-5-14-4-3-9/h3-6,9H2,1-2H3,(H,10,11). The van der Waals surface area contributed by atoms with Crippen molar-refractivity contribution in [3.8, 4) is 0 Å². The zero-order chi connectivity index (χ0) is 12.1. The van der Waals surface area contributed by atoms with Gasteiger partial charge in [-0.15, -0.1) is 0 Å². The Morgan fingerprint density at radius 3 is 2.33 bits per heavy atom. The Morgan fingerprint density at radius 1 is 1.40 bits per heavy atom. The predicted molar refractivity (Wildman–Crippen MR) is 55.4 cm³/mol. The Labute approximate surface area is 89.3 Å². The average Bonchev–Trinajstić information content (AvgIpc) is 2.12. The van der Waals surface area contributed by atoms with Gasteiger partial charge in [0.25, 0.3) is 0 Å². The quantitative estimate of drug-likeness (QED) is 0.565. The Bertz CT molecular complexity index is 309. The van der Waals surface area contributed by atoms with Gasteiger partial charge < -0.3 is 15.6 Å². The minimum atomic E-state index is -3.70. The Balaban J connectivity index is 4.37. The van der Waals surface area contributed by atoms with Crippen molar-refractivity contribution in [1.82, 2.24) is 0 Å². The summed E-state index contributed by atoms with van der Waals surface area (Å²) >= 11 is 0. The smallest absolute Gasteiger partial charge is 0.324 e. The summed E-state index contributed by atoms with van der Waals surface area (Å²) < 4.78 is 26.2. The zero-order valence-electron chi connectivity index (χ0n) is 8.89. The molecule has 0 radical (unpaired) electrons. The van der Waals surface area contributed by atoms with Gasteiger partial charge >= 0.3 is 5.97 Å². The highest BCUT2D eigenvalue weighted by Crippen LogP contribution is 2.17. The Kier molecular flexibility index (Phi) is 5.19. The Hall–Kier alpha value is -0.660. The first-order valence-corrected chi connectivity index (χ1v) is 6.14. The molecule has 0 heterocycles. The summed E-state index contributed by atoms with van der Waals surface area (Å²) in [6.07, 6.45) is 0. The average molecular weight is 239 g/mol. The summed E-state index contributed by atoms with van der Waals surface area (Å²) in [5.41, 5.74) is 5.14. The van der Waals surface area contributed by atoms with E-state index in [9.17, 15) is 13.2 Å². The number of carboxylic acid groups (broad SMARTS) is 1. The third-order valence-electron chi connectivity index (χ3n) is 2.05. The molecule has 7 heteroatoms. The first kappa shape index (κ1) is 14.3. The van der Waals surface area contributed by atoms with Crippen molar-refractivity contribution in [3.05, 3.63) is 0 Å². The van der Waals surface area contributed by atoms with Crippen LogP contribution in [-0.4, -0.2) is 49.8 Å². The van der Waals surface area contributed by atoms with Crippen LogP contribution in [0.1, 0.15) is 13.8 Å². The molecule has 0 aliphatic heterocycles. The monoisotopic (exact) mass is 239 g/mol. The molecular formula is C8H17NO5S. The predicted octanol–water partition coefficient (Wildman–Crippen LogP) is -0.760. The van der Waals surface area contributed by atoms with E-state index >= 15 is 0 Å². The van der Waals surface area contributed by atoms with Crippen LogP contribution in [0, 0.1) is 0 Å². The third-order valence-corrected chi connectivity index (χ3v) is 4.48. The molecule has 0 aromatic carbocycles. The topological polar surface area (TPSA) is 107 Å². The minimum Gasteiger partial charge on any atom is -0.480 e. The second-order valence-electron chi connectivity index (χ2n) is 3.54. The van der Waals surface area contributed by atoms with Crippen LogP contribution in [-0.2, 0) is 19.4 Å². The molecule has 15 heavy (non-hydrogen) atoms. The molecule has 0 aromatic heterocycles. The molecule has 6 nitrogen and oxygen atoms in total. The van der Waals surface area contributed by atoms with Crippen LogP contribution >= 0.6 is 0 Å². The van der Waals surface area contributed by atoms with Crippen molar-refractivity contribution in [3.63, 3.8) is 0 Å². The third kappa shape index (κ3) is 3.77. The minimum absolute atomic E-state index is 0.0315. The van der Waals surface area contributed by atoms with Crippen LogP contribution in [0.5, 0.6) is 0 Å². The summed E-state index contributed by atoms with van der Waals surface area (Å²) in [4.78, 5) is 10.7. The van der Waals surface area contributed by atoms with Crippen LogP contribution in [0.4, 0.5) is 0 Å². The summed E-state index contributed by atoms with van der Waals surface area (Å²) in [5, 5.41) is 8.74. The maximum atomic E-state index is 11.6. The van der Waals surface area contributed by atoms with E-state index in [0.29, 0.717) is 6.54 Å². The molecular weight excluding hydrogens is 222 g/mol. The van der Waals surface area contributed by atoms with E-state index in [4.69, 9.17) is 15.6 Å². The summed E-state index contributed by atoms with van der Waals surface area (Å²) in [6.45, 7) is 2.86. The molecule has 0 aliphatic rings. The molecule has 0 fully saturated rings. The fourth-order valence-electron chi connectivity index (χ4n) is 0.742. The fourth-order valence-corrected chi connectivity index (χ4v) is 1.86. The summed E-state index contributed by atoms with van der Waals surface area (Å²) in [5.74, 6) is -1.67. The lowest BCUT2D eigenvalue weighted by Crippen LogP contribution is -2.42.